The van der Waals surface area contributed by atoms with Crippen LogP contribution in [0.5, 0.6) is 0 Å². The Morgan fingerprint density at radius 1 is 1.39 bits per heavy atom. The molecule has 0 aliphatic carbocycles. The van der Waals surface area contributed by atoms with Crippen molar-refractivity contribution in [2.24, 2.45) is 7.05 Å². The zero-order valence-electron chi connectivity index (χ0n) is 16.2. The summed E-state index contributed by atoms with van der Waals surface area (Å²) in [5.74, 6) is -0.234. The Morgan fingerprint density at radius 3 is 2.89 bits per heavy atom. The van der Waals surface area contributed by atoms with Crippen LogP contribution in [0.1, 0.15) is 41.6 Å². The van der Waals surface area contributed by atoms with Crippen molar-refractivity contribution in [1.29, 1.82) is 0 Å². The summed E-state index contributed by atoms with van der Waals surface area (Å²) >= 11 is 0. The van der Waals surface area contributed by atoms with Gasteiger partial charge in [-0.25, -0.2) is 4.98 Å². The zero-order chi connectivity index (χ0) is 19.8. The third-order valence-corrected chi connectivity index (χ3v) is 4.64. The lowest BCUT2D eigenvalue weighted by Gasteiger charge is -2.13. The minimum absolute atomic E-state index is 0.234. The summed E-state index contributed by atoms with van der Waals surface area (Å²) < 4.78 is 8.84. The first-order valence-corrected chi connectivity index (χ1v) is 9.06. The van der Waals surface area contributed by atoms with E-state index < -0.39 is 0 Å². The smallest absolute Gasteiger partial charge is 0.259 e. The molecule has 9 heteroatoms. The summed E-state index contributed by atoms with van der Waals surface area (Å²) in [5.41, 5.74) is 3.60. The number of nitrogens with one attached hydrogen (secondary N) is 1. The third kappa shape index (κ3) is 3.15. The highest BCUT2D eigenvalue weighted by atomic mass is 16.5. The predicted molar refractivity (Wildman–Crippen MR) is 103 cm³/mol. The van der Waals surface area contributed by atoms with Crippen molar-refractivity contribution in [2.45, 2.75) is 33.4 Å². The lowest BCUT2D eigenvalue weighted by atomic mass is 10.1. The van der Waals surface area contributed by atoms with E-state index in [0.717, 1.165) is 17.8 Å². The van der Waals surface area contributed by atoms with Crippen LogP contribution in [0.3, 0.4) is 0 Å². The molecule has 28 heavy (non-hydrogen) atoms. The molecule has 4 aromatic heterocycles. The first-order valence-electron chi connectivity index (χ1n) is 9.06. The number of aryl methyl sites for hydroxylation is 3. The number of pyridine rings is 1. The first-order chi connectivity index (χ1) is 13.5. The predicted octanol–water partition coefficient (Wildman–Crippen LogP) is 2.64. The first kappa shape index (κ1) is 17.9. The standard InChI is InChI=1S/C19H21N7O2/c1-5-26-7-6-15(23-26)11(2)21-18(27)14-8-16(13-9-20-25(4)10-13)22-19-17(14)12(3)24-28-19/h6-11H,5H2,1-4H3,(H,21,27)/t11-/m0/s1. The molecule has 0 bridgehead atoms. The molecule has 0 fully saturated rings. The monoisotopic (exact) mass is 379 g/mol. The second-order valence-electron chi connectivity index (χ2n) is 6.70. The highest BCUT2D eigenvalue weighted by Gasteiger charge is 2.22. The van der Waals surface area contributed by atoms with Crippen molar-refractivity contribution < 1.29 is 9.32 Å². The summed E-state index contributed by atoms with van der Waals surface area (Å²) in [5, 5.41) is 16.2. The summed E-state index contributed by atoms with van der Waals surface area (Å²) in [6.07, 6.45) is 5.42. The second kappa shape index (κ2) is 6.91. The van der Waals surface area contributed by atoms with Crippen LogP contribution in [0.2, 0.25) is 0 Å². The van der Waals surface area contributed by atoms with E-state index in [-0.39, 0.29) is 11.9 Å². The van der Waals surface area contributed by atoms with Gasteiger partial charge in [-0.15, -0.1) is 0 Å². The van der Waals surface area contributed by atoms with E-state index in [1.165, 1.54) is 0 Å². The van der Waals surface area contributed by atoms with E-state index in [0.29, 0.717) is 28.1 Å². The molecule has 0 aliphatic heterocycles. The van der Waals surface area contributed by atoms with Crippen LogP contribution in [-0.4, -0.2) is 35.6 Å². The van der Waals surface area contributed by atoms with Gasteiger partial charge in [0.25, 0.3) is 11.6 Å². The molecule has 0 radical (unpaired) electrons. The highest BCUT2D eigenvalue weighted by Crippen LogP contribution is 2.27. The van der Waals surface area contributed by atoms with Crippen LogP contribution in [-0.2, 0) is 13.6 Å². The number of hydrogen-bond acceptors (Lipinski definition) is 6. The van der Waals surface area contributed by atoms with Crippen LogP contribution in [0, 0.1) is 6.92 Å². The number of carbonyl (C=O) groups is 1. The molecule has 0 spiro atoms. The number of aromatic nitrogens is 6. The maximum atomic E-state index is 13.1. The molecule has 9 nitrogen and oxygen atoms in total. The highest BCUT2D eigenvalue weighted by molar-refractivity contribution is 6.07. The Morgan fingerprint density at radius 2 is 2.21 bits per heavy atom. The topological polar surface area (TPSA) is 104 Å². The molecular formula is C19H21N7O2. The van der Waals surface area contributed by atoms with Crippen molar-refractivity contribution >= 4 is 17.0 Å². The minimum atomic E-state index is -0.245. The van der Waals surface area contributed by atoms with E-state index in [4.69, 9.17) is 4.52 Å². The maximum Gasteiger partial charge on any atom is 0.259 e. The zero-order valence-corrected chi connectivity index (χ0v) is 16.2. The Bertz CT molecular complexity index is 1150. The van der Waals surface area contributed by atoms with E-state index >= 15 is 0 Å². The molecule has 0 aliphatic rings. The fourth-order valence-corrected chi connectivity index (χ4v) is 3.11. The van der Waals surface area contributed by atoms with Gasteiger partial charge in [0.2, 0.25) is 0 Å². The lowest BCUT2D eigenvalue weighted by Crippen LogP contribution is -2.27. The summed E-state index contributed by atoms with van der Waals surface area (Å²) in [6.45, 7) is 6.49. The van der Waals surface area contributed by atoms with Crippen LogP contribution < -0.4 is 5.32 Å². The summed E-state index contributed by atoms with van der Waals surface area (Å²) in [6, 6.07) is 3.41. The summed E-state index contributed by atoms with van der Waals surface area (Å²) in [7, 11) is 1.82. The summed E-state index contributed by atoms with van der Waals surface area (Å²) in [4.78, 5) is 17.6. The van der Waals surface area contributed by atoms with Gasteiger partial charge in [-0.1, -0.05) is 5.16 Å². The van der Waals surface area contributed by atoms with Crippen molar-refractivity contribution in [2.75, 3.05) is 0 Å². The van der Waals surface area contributed by atoms with Gasteiger partial charge in [-0.05, 0) is 32.9 Å². The number of carbonyl (C=O) groups excluding carboxylic acids is 1. The van der Waals surface area contributed by atoms with Gasteiger partial charge >= 0.3 is 0 Å². The van der Waals surface area contributed by atoms with Gasteiger partial charge in [0, 0.05) is 31.5 Å². The van der Waals surface area contributed by atoms with E-state index in [1.54, 1.807) is 23.9 Å². The quantitative estimate of drug-likeness (QED) is 0.572. The van der Waals surface area contributed by atoms with Gasteiger partial charge in [0.1, 0.15) is 0 Å². The average Bonchev–Trinajstić information content (AvgIpc) is 3.41. The molecule has 0 saturated carbocycles. The Balaban J connectivity index is 1.71. The maximum absolute atomic E-state index is 13.1. The Labute approximate surface area is 161 Å². The van der Waals surface area contributed by atoms with Gasteiger partial charge in [0.05, 0.1) is 40.3 Å². The average molecular weight is 379 g/mol. The van der Waals surface area contributed by atoms with Crippen molar-refractivity contribution in [3.8, 4) is 11.3 Å². The molecule has 0 saturated heterocycles. The number of nitrogens with zero attached hydrogens (tertiary/aromatic N) is 6. The molecule has 4 heterocycles. The number of fused-ring (bicyclic) bond motifs is 1. The van der Waals surface area contributed by atoms with E-state index in [2.05, 4.69) is 25.7 Å². The van der Waals surface area contributed by atoms with Gasteiger partial charge < -0.3 is 9.84 Å². The molecule has 0 aromatic carbocycles. The van der Waals surface area contributed by atoms with Gasteiger partial charge in [-0.3, -0.25) is 14.2 Å². The fourth-order valence-electron chi connectivity index (χ4n) is 3.11. The van der Waals surface area contributed by atoms with E-state index in [9.17, 15) is 4.79 Å². The molecular weight excluding hydrogens is 358 g/mol. The molecule has 4 aromatic rings. The second-order valence-corrected chi connectivity index (χ2v) is 6.70. The van der Waals surface area contributed by atoms with Crippen molar-refractivity contribution in [1.82, 2.24) is 35.0 Å². The van der Waals surface area contributed by atoms with Gasteiger partial charge in [-0.2, -0.15) is 10.2 Å². The van der Waals surface area contributed by atoms with Crippen LogP contribution in [0.15, 0.2) is 35.2 Å². The molecule has 144 valence electrons. The fraction of sp³-hybridized carbons (Fsp3) is 0.316. The minimum Gasteiger partial charge on any atom is -0.344 e. The SMILES string of the molecule is CCn1ccc([C@H](C)NC(=O)c2cc(-c3cnn(C)c3)nc3onc(C)c23)n1. The van der Waals surface area contributed by atoms with Crippen LogP contribution >= 0.6 is 0 Å². The molecule has 1 N–H and O–H groups in total. The Hall–Kier alpha value is -3.49. The van der Waals surface area contributed by atoms with Crippen LogP contribution in [0.4, 0.5) is 0 Å². The molecule has 0 unspecified atom stereocenters. The number of amides is 1. The molecule has 4 rings (SSSR count). The number of rotatable bonds is 5. The molecule has 1 atom stereocenters. The van der Waals surface area contributed by atoms with E-state index in [1.807, 2.05) is 44.0 Å². The van der Waals surface area contributed by atoms with Gasteiger partial charge in [0.15, 0.2) is 0 Å². The lowest BCUT2D eigenvalue weighted by molar-refractivity contribution is 0.0940. The van der Waals surface area contributed by atoms with Crippen molar-refractivity contribution in [3.05, 3.63) is 47.7 Å². The largest absolute Gasteiger partial charge is 0.344 e. The Kier molecular flexibility index (Phi) is 4.42. The third-order valence-electron chi connectivity index (χ3n) is 4.64. The van der Waals surface area contributed by atoms with Crippen LogP contribution in [0.25, 0.3) is 22.4 Å². The molecule has 1 amide bonds. The van der Waals surface area contributed by atoms with Crippen molar-refractivity contribution in [3.63, 3.8) is 0 Å². The number of hydrogen-bond donors (Lipinski definition) is 1. The normalized spacial score (nSPS) is 12.4.